The van der Waals surface area contributed by atoms with E-state index < -0.39 is 0 Å². The zero-order valence-corrected chi connectivity index (χ0v) is 16.9. The predicted molar refractivity (Wildman–Crippen MR) is 106 cm³/mol. The van der Waals surface area contributed by atoms with Gasteiger partial charge in [-0.25, -0.2) is 0 Å². The number of carbonyl (C=O) groups is 3. The lowest BCUT2D eigenvalue weighted by atomic mass is 10.1. The van der Waals surface area contributed by atoms with E-state index in [2.05, 4.69) is 10.6 Å². The van der Waals surface area contributed by atoms with Crippen molar-refractivity contribution in [1.29, 1.82) is 0 Å². The summed E-state index contributed by atoms with van der Waals surface area (Å²) in [6.45, 7) is 6.66. The highest BCUT2D eigenvalue weighted by molar-refractivity contribution is 5.96. The van der Waals surface area contributed by atoms with E-state index in [0.717, 1.165) is 35.2 Å². The van der Waals surface area contributed by atoms with Crippen molar-refractivity contribution in [1.82, 2.24) is 15.1 Å². The first-order chi connectivity index (χ1) is 12.7. The first-order valence-corrected chi connectivity index (χ1v) is 9.28. The SMILES string of the molecule is Cc1cc(C)c(NC(=O)CNC(=O)CN2CCCC2C(=O)N(C)C)c(C)c1. The first kappa shape index (κ1) is 20.9. The second kappa shape index (κ2) is 8.99. The molecule has 1 fully saturated rings. The summed E-state index contributed by atoms with van der Waals surface area (Å²) in [5, 5.41) is 5.52. The number of nitrogens with one attached hydrogen (secondary N) is 2. The molecule has 148 valence electrons. The van der Waals surface area contributed by atoms with Crippen LogP contribution in [0.25, 0.3) is 0 Å². The Morgan fingerprint density at radius 2 is 1.74 bits per heavy atom. The van der Waals surface area contributed by atoms with Crippen molar-refractivity contribution in [3.8, 4) is 0 Å². The summed E-state index contributed by atoms with van der Waals surface area (Å²) in [6.07, 6.45) is 1.65. The molecule has 1 aliphatic heterocycles. The quantitative estimate of drug-likeness (QED) is 0.784. The average Bonchev–Trinajstić information content (AvgIpc) is 3.03. The van der Waals surface area contributed by atoms with Crippen molar-refractivity contribution in [3.05, 3.63) is 28.8 Å². The molecule has 1 atom stereocenters. The number of anilines is 1. The lowest BCUT2D eigenvalue weighted by molar-refractivity contribution is -0.134. The van der Waals surface area contributed by atoms with Crippen LogP contribution >= 0.6 is 0 Å². The molecule has 1 aliphatic rings. The van der Waals surface area contributed by atoms with Gasteiger partial charge in [-0.2, -0.15) is 0 Å². The molecule has 1 saturated heterocycles. The average molecular weight is 374 g/mol. The van der Waals surface area contributed by atoms with E-state index in [-0.39, 0.29) is 36.9 Å². The molecule has 0 bridgehead atoms. The molecule has 1 aromatic carbocycles. The number of likely N-dealkylation sites (tertiary alicyclic amines) is 1. The van der Waals surface area contributed by atoms with Gasteiger partial charge in [-0.3, -0.25) is 19.3 Å². The van der Waals surface area contributed by atoms with Crippen molar-refractivity contribution in [3.63, 3.8) is 0 Å². The highest BCUT2D eigenvalue weighted by atomic mass is 16.2. The monoisotopic (exact) mass is 374 g/mol. The third-order valence-corrected chi connectivity index (χ3v) is 4.82. The highest BCUT2D eigenvalue weighted by Gasteiger charge is 2.32. The summed E-state index contributed by atoms with van der Waals surface area (Å²) in [6, 6.07) is 3.77. The number of amides is 3. The molecule has 0 radical (unpaired) electrons. The van der Waals surface area contributed by atoms with E-state index in [1.54, 1.807) is 19.0 Å². The fourth-order valence-corrected chi connectivity index (χ4v) is 3.57. The third kappa shape index (κ3) is 5.53. The Hall–Kier alpha value is -2.41. The molecule has 7 heteroatoms. The minimum atomic E-state index is -0.263. The number of carbonyl (C=O) groups excluding carboxylic acids is 3. The highest BCUT2D eigenvalue weighted by Crippen LogP contribution is 2.21. The van der Waals surface area contributed by atoms with Crippen LogP contribution in [0.5, 0.6) is 0 Å². The van der Waals surface area contributed by atoms with Gasteiger partial charge < -0.3 is 15.5 Å². The topological polar surface area (TPSA) is 81.8 Å². The largest absolute Gasteiger partial charge is 0.347 e. The number of hydrogen-bond donors (Lipinski definition) is 2. The van der Waals surface area contributed by atoms with Crippen molar-refractivity contribution < 1.29 is 14.4 Å². The molecule has 2 rings (SSSR count). The molecule has 27 heavy (non-hydrogen) atoms. The predicted octanol–water partition coefficient (Wildman–Crippen LogP) is 1.22. The van der Waals surface area contributed by atoms with E-state index in [1.165, 1.54) is 0 Å². The van der Waals surface area contributed by atoms with Crippen molar-refractivity contribution in [2.75, 3.05) is 39.0 Å². The van der Waals surface area contributed by atoms with Crippen molar-refractivity contribution in [2.45, 2.75) is 39.7 Å². The molecule has 0 aromatic heterocycles. The van der Waals surface area contributed by atoms with E-state index >= 15 is 0 Å². The van der Waals surface area contributed by atoms with E-state index in [1.807, 2.05) is 37.8 Å². The summed E-state index contributed by atoms with van der Waals surface area (Å²) < 4.78 is 0. The van der Waals surface area contributed by atoms with Crippen LogP contribution in [0.3, 0.4) is 0 Å². The maximum absolute atomic E-state index is 12.2. The minimum Gasteiger partial charge on any atom is -0.347 e. The van der Waals surface area contributed by atoms with Crippen LogP contribution in [0.4, 0.5) is 5.69 Å². The Morgan fingerprint density at radius 1 is 1.11 bits per heavy atom. The van der Waals surface area contributed by atoms with E-state index in [9.17, 15) is 14.4 Å². The van der Waals surface area contributed by atoms with Crippen LogP contribution in [-0.2, 0) is 14.4 Å². The van der Waals surface area contributed by atoms with Gasteiger partial charge in [0.1, 0.15) is 0 Å². The number of likely N-dealkylation sites (N-methyl/N-ethyl adjacent to an activating group) is 1. The third-order valence-electron chi connectivity index (χ3n) is 4.82. The normalized spacial score (nSPS) is 16.9. The van der Waals surface area contributed by atoms with Crippen LogP contribution < -0.4 is 10.6 Å². The van der Waals surface area contributed by atoms with Gasteiger partial charge in [-0.05, 0) is 51.3 Å². The van der Waals surface area contributed by atoms with Crippen LogP contribution in [0.15, 0.2) is 12.1 Å². The lowest BCUT2D eigenvalue weighted by Crippen LogP contribution is -2.47. The molecule has 0 aliphatic carbocycles. The molecule has 0 saturated carbocycles. The summed E-state index contributed by atoms with van der Waals surface area (Å²) in [4.78, 5) is 40.0. The number of rotatable bonds is 6. The fourth-order valence-electron chi connectivity index (χ4n) is 3.57. The molecule has 1 aromatic rings. The van der Waals surface area contributed by atoms with Crippen molar-refractivity contribution in [2.24, 2.45) is 0 Å². The van der Waals surface area contributed by atoms with Gasteiger partial charge in [0.05, 0.1) is 19.1 Å². The molecule has 1 unspecified atom stereocenters. The molecule has 2 N–H and O–H groups in total. The second-order valence-corrected chi connectivity index (χ2v) is 7.46. The van der Waals surface area contributed by atoms with Crippen LogP contribution in [-0.4, -0.2) is 67.3 Å². The summed E-state index contributed by atoms with van der Waals surface area (Å²) in [7, 11) is 3.44. The van der Waals surface area contributed by atoms with Gasteiger partial charge in [0, 0.05) is 19.8 Å². The van der Waals surface area contributed by atoms with Gasteiger partial charge in [0.15, 0.2) is 0 Å². The molecular weight excluding hydrogens is 344 g/mol. The zero-order valence-electron chi connectivity index (χ0n) is 16.9. The minimum absolute atomic E-state index is 0.0170. The fraction of sp³-hybridized carbons (Fsp3) is 0.550. The van der Waals surface area contributed by atoms with Gasteiger partial charge in [-0.1, -0.05) is 17.7 Å². The van der Waals surface area contributed by atoms with Crippen molar-refractivity contribution >= 4 is 23.4 Å². The Morgan fingerprint density at radius 3 is 2.33 bits per heavy atom. The summed E-state index contributed by atoms with van der Waals surface area (Å²) >= 11 is 0. The number of benzene rings is 1. The standard InChI is InChI=1S/C20H30N4O3/c1-13-9-14(2)19(15(3)10-13)22-17(25)11-21-18(26)12-24-8-6-7-16(24)20(27)23(4)5/h9-10,16H,6-8,11-12H2,1-5H3,(H,21,26)(H,22,25). The summed E-state index contributed by atoms with van der Waals surface area (Å²) in [5.41, 5.74) is 3.92. The van der Waals surface area contributed by atoms with Gasteiger partial charge in [0.25, 0.3) is 0 Å². The first-order valence-electron chi connectivity index (χ1n) is 9.28. The molecule has 0 spiro atoms. The van der Waals surface area contributed by atoms with Gasteiger partial charge in [0.2, 0.25) is 17.7 Å². The summed E-state index contributed by atoms with van der Waals surface area (Å²) in [5.74, 6) is -0.495. The van der Waals surface area contributed by atoms with Gasteiger partial charge in [-0.15, -0.1) is 0 Å². The lowest BCUT2D eigenvalue weighted by Gasteiger charge is -2.25. The number of hydrogen-bond acceptors (Lipinski definition) is 4. The Labute approximate surface area is 161 Å². The second-order valence-electron chi connectivity index (χ2n) is 7.46. The number of nitrogens with zero attached hydrogens (tertiary/aromatic N) is 2. The molecule has 1 heterocycles. The van der Waals surface area contributed by atoms with Gasteiger partial charge >= 0.3 is 0 Å². The Balaban J connectivity index is 1.85. The zero-order chi connectivity index (χ0) is 20.1. The van der Waals surface area contributed by atoms with E-state index in [0.29, 0.717) is 6.54 Å². The Bertz CT molecular complexity index is 707. The molecule has 3 amide bonds. The van der Waals surface area contributed by atoms with Crippen LogP contribution in [0.1, 0.15) is 29.5 Å². The smallest absolute Gasteiger partial charge is 0.243 e. The molecular formula is C20H30N4O3. The van der Waals surface area contributed by atoms with Crippen LogP contribution in [0.2, 0.25) is 0 Å². The van der Waals surface area contributed by atoms with Crippen LogP contribution in [0, 0.1) is 20.8 Å². The molecule has 7 nitrogen and oxygen atoms in total. The maximum Gasteiger partial charge on any atom is 0.243 e. The number of aryl methyl sites for hydroxylation is 3. The van der Waals surface area contributed by atoms with E-state index in [4.69, 9.17) is 0 Å². The maximum atomic E-state index is 12.2. The Kier molecular flexibility index (Phi) is 6.96.